The molecular formula is C18H19NO6. The third kappa shape index (κ3) is 4.35. The number of benzene rings is 2. The summed E-state index contributed by atoms with van der Waals surface area (Å²) in [5.41, 5.74) is 0.858. The Bertz CT molecular complexity index is 775. The maximum atomic E-state index is 12.1. The lowest BCUT2D eigenvalue weighted by Crippen LogP contribution is -2.08. The van der Waals surface area contributed by atoms with Gasteiger partial charge in [-0.1, -0.05) is 0 Å². The normalized spacial score (nSPS) is 10.5. The van der Waals surface area contributed by atoms with Gasteiger partial charge in [0.25, 0.3) is 0 Å². The fourth-order valence-electron chi connectivity index (χ4n) is 2.18. The quantitative estimate of drug-likeness (QED) is 0.697. The van der Waals surface area contributed by atoms with E-state index in [1.807, 2.05) is 0 Å². The van der Waals surface area contributed by atoms with Crippen LogP contribution in [0.2, 0.25) is 0 Å². The van der Waals surface area contributed by atoms with Gasteiger partial charge in [-0.15, -0.1) is 0 Å². The predicted molar refractivity (Wildman–Crippen MR) is 93.5 cm³/mol. The van der Waals surface area contributed by atoms with Gasteiger partial charge >= 0.3 is 0 Å². The third-order valence-corrected chi connectivity index (χ3v) is 3.36. The Balaban J connectivity index is 2.18. The molecule has 0 saturated carbocycles. The lowest BCUT2D eigenvalue weighted by Gasteiger charge is -2.14. The Morgan fingerprint density at radius 3 is 2.16 bits per heavy atom. The van der Waals surface area contributed by atoms with Crippen molar-refractivity contribution in [2.24, 2.45) is 0 Å². The van der Waals surface area contributed by atoms with Crippen LogP contribution in [0.15, 0.2) is 36.4 Å². The van der Waals surface area contributed by atoms with Gasteiger partial charge in [0, 0.05) is 35.5 Å². The fraction of sp³-hybridized carbons (Fsp3) is 0.167. The zero-order chi connectivity index (χ0) is 18.4. The minimum Gasteiger partial charge on any atom is -0.508 e. The molecule has 0 aliphatic carbocycles. The minimum absolute atomic E-state index is 0.0588. The third-order valence-electron chi connectivity index (χ3n) is 3.36. The summed E-state index contributed by atoms with van der Waals surface area (Å²) in [6.45, 7) is 0. The first-order valence-corrected chi connectivity index (χ1v) is 7.29. The number of carbonyl (C=O) groups excluding carboxylic acids is 1. The molecule has 2 aromatic rings. The number of nitrogens with one attached hydrogen (secondary N) is 1. The number of phenolic OH excluding ortho intramolecular Hbond substituents is 2. The van der Waals surface area contributed by atoms with Crippen LogP contribution in [0.3, 0.4) is 0 Å². The summed E-state index contributed by atoms with van der Waals surface area (Å²) < 4.78 is 15.7. The van der Waals surface area contributed by atoms with Crippen LogP contribution in [0, 0.1) is 0 Å². The largest absolute Gasteiger partial charge is 0.508 e. The zero-order valence-corrected chi connectivity index (χ0v) is 14.1. The molecule has 0 bridgehead atoms. The van der Waals surface area contributed by atoms with E-state index in [0.717, 1.165) is 0 Å². The highest BCUT2D eigenvalue weighted by atomic mass is 16.5. The number of hydrogen-bond donors (Lipinski definition) is 3. The van der Waals surface area contributed by atoms with E-state index < -0.39 is 5.91 Å². The molecule has 0 radical (unpaired) electrons. The van der Waals surface area contributed by atoms with Gasteiger partial charge < -0.3 is 29.7 Å². The summed E-state index contributed by atoms with van der Waals surface area (Å²) in [4.78, 5) is 12.1. The average Bonchev–Trinajstić information content (AvgIpc) is 2.60. The molecule has 7 heteroatoms. The molecule has 132 valence electrons. The Morgan fingerprint density at radius 2 is 1.64 bits per heavy atom. The first-order valence-electron chi connectivity index (χ1n) is 7.29. The topological polar surface area (TPSA) is 97.3 Å². The van der Waals surface area contributed by atoms with Gasteiger partial charge in [-0.2, -0.15) is 0 Å². The number of ether oxygens (including phenoxy) is 3. The number of methoxy groups -OCH3 is 3. The van der Waals surface area contributed by atoms with E-state index in [9.17, 15) is 15.0 Å². The SMILES string of the molecule is COc1cc(NC(=O)/C=C/c2ccc(O)cc2O)cc(OC)c1OC. The molecule has 0 fully saturated rings. The number of hydrogen-bond acceptors (Lipinski definition) is 6. The number of aromatic hydroxyl groups is 2. The highest BCUT2D eigenvalue weighted by Gasteiger charge is 2.13. The van der Waals surface area contributed by atoms with Crippen LogP contribution in [-0.2, 0) is 4.79 Å². The van der Waals surface area contributed by atoms with Crippen LogP contribution in [0.1, 0.15) is 5.56 Å². The van der Waals surface area contributed by atoms with Gasteiger partial charge in [0.2, 0.25) is 11.7 Å². The van der Waals surface area contributed by atoms with Crippen molar-refractivity contribution in [3.05, 3.63) is 42.0 Å². The standard InChI is InChI=1S/C18H19NO6/c1-23-15-8-12(9-16(24-2)18(15)25-3)19-17(22)7-5-11-4-6-13(20)10-14(11)21/h4-10,20-21H,1-3H3,(H,19,22)/b7-5+. The van der Waals surface area contributed by atoms with E-state index in [1.165, 1.54) is 51.7 Å². The van der Waals surface area contributed by atoms with Crippen molar-refractivity contribution < 1.29 is 29.2 Å². The van der Waals surface area contributed by atoms with Gasteiger partial charge in [-0.05, 0) is 18.2 Å². The summed E-state index contributed by atoms with van der Waals surface area (Å²) in [5.74, 6) is 0.650. The number of amides is 1. The summed E-state index contributed by atoms with van der Waals surface area (Å²) in [6.07, 6.45) is 2.69. The second-order valence-electron chi connectivity index (χ2n) is 4.98. The first-order chi connectivity index (χ1) is 12.0. The lowest BCUT2D eigenvalue weighted by atomic mass is 10.1. The van der Waals surface area contributed by atoms with Crippen molar-refractivity contribution >= 4 is 17.7 Å². The van der Waals surface area contributed by atoms with Crippen molar-refractivity contribution in [3.63, 3.8) is 0 Å². The number of rotatable bonds is 6. The molecule has 0 saturated heterocycles. The number of carbonyl (C=O) groups is 1. The van der Waals surface area contributed by atoms with Crippen LogP contribution < -0.4 is 19.5 Å². The molecule has 2 aromatic carbocycles. The molecule has 0 aliphatic rings. The smallest absolute Gasteiger partial charge is 0.248 e. The maximum absolute atomic E-state index is 12.1. The van der Waals surface area contributed by atoms with E-state index in [2.05, 4.69) is 5.32 Å². The Labute approximate surface area is 145 Å². The van der Waals surface area contributed by atoms with Gasteiger partial charge in [-0.25, -0.2) is 0 Å². The molecule has 0 heterocycles. The highest BCUT2D eigenvalue weighted by molar-refractivity contribution is 6.02. The first kappa shape index (κ1) is 18.0. The zero-order valence-electron chi connectivity index (χ0n) is 14.1. The highest BCUT2D eigenvalue weighted by Crippen LogP contribution is 2.39. The summed E-state index contributed by atoms with van der Waals surface area (Å²) >= 11 is 0. The van der Waals surface area contributed by atoms with Crippen molar-refractivity contribution in [1.29, 1.82) is 0 Å². The van der Waals surface area contributed by atoms with Crippen LogP contribution >= 0.6 is 0 Å². The number of phenols is 2. The molecule has 0 atom stereocenters. The van der Waals surface area contributed by atoms with Crippen molar-refractivity contribution in [3.8, 4) is 28.7 Å². The van der Waals surface area contributed by atoms with E-state index in [1.54, 1.807) is 12.1 Å². The van der Waals surface area contributed by atoms with E-state index >= 15 is 0 Å². The molecule has 0 aliphatic heterocycles. The molecule has 1 amide bonds. The second kappa shape index (κ2) is 7.96. The molecule has 0 unspecified atom stereocenters. The van der Waals surface area contributed by atoms with Crippen LogP contribution in [0.25, 0.3) is 6.08 Å². The van der Waals surface area contributed by atoms with Crippen LogP contribution in [0.4, 0.5) is 5.69 Å². The average molecular weight is 345 g/mol. The summed E-state index contributed by atoms with van der Waals surface area (Å²) in [7, 11) is 4.46. The molecule has 2 rings (SSSR count). The molecule has 0 spiro atoms. The molecular weight excluding hydrogens is 326 g/mol. The predicted octanol–water partition coefficient (Wildman–Crippen LogP) is 2.78. The summed E-state index contributed by atoms with van der Waals surface area (Å²) in [5, 5.41) is 21.6. The molecule has 3 N–H and O–H groups in total. The van der Waals surface area contributed by atoms with Crippen molar-refractivity contribution in [2.75, 3.05) is 26.6 Å². The van der Waals surface area contributed by atoms with Gasteiger partial charge in [0.15, 0.2) is 11.5 Å². The fourth-order valence-corrected chi connectivity index (χ4v) is 2.18. The molecule has 25 heavy (non-hydrogen) atoms. The molecule has 7 nitrogen and oxygen atoms in total. The van der Waals surface area contributed by atoms with Crippen molar-refractivity contribution in [1.82, 2.24) is 0 Å². The minimum atomic E-state index is -0.415. The summed E-state index contributed by atoms with van der Waals surface area (Å²) in [6, 6.07) is 7.30. The van der Waals surface area contributed by atoms with E-state index in [4.69, 9.17) is 14.2 Å². The van der Waals surface area contributed by atoms with E-state index in [-0.39, 0.29) is 11.5 Å². The van der Waals surface area contributed by atoms with Gasteiger partial charge in [0.1, 0.15) is 11.5 Å². The second-order valence-corrected chi connectivity index (χ2v) is 4.98. The molecule has 0 aromatic heterocycles. The Kier molecular flexibility index (Phi) is 5.73. The maximum Gasteiger partial charge on any atom is 0.248 e. The Hall–Kier alpha value is -3.35. The van der Waals surface area contributed by atoms with Crippen LogP contribution in [0.5, 0.6) is 28.7 Å². The van der Waals surface area contributed by atoms with Crippen LogP contribution in [-0.4, -0.2) is 37.4 Å². The number of anilines is 1. The van der Waals surface area contributed by atoms with Crippen molar-refractivity contribution in [2.45, 2.75) is 0 Å². The lowest BCUT2D eigenvalue weighted by molar-refractivity contribution is -0.111. The Morgan fingerprint density at radius 1 is 1.00 bits per heavy atom. The van der Waals surface area contributed by atoms with Gasteiger partial charge in [-0.3, -0.25) is 4.79 Å². The monoisotopic (exact) mass is 345 g/mol. The van der Waals surface area contributed by atoms with Gasteiger partial charge in [0.05, 0.1) is 21.3 Å². The van der Waals surface area contributed by atoms with E-state index in [0.29, 0.717) is 28.5 Å².